The third-order valence-corrected chi connectivity index (χ3v) is 5.11. The third-order valence-electron chi connectivity index (χ3n) is 4.65. The van der Waals surface area contributed by atoms with Crippen molar-refractivity contribution in [2.24, 2.45) is 5.92 Å². The van der Waals surface area contributed by atoms with Crippen molar-refractivity contribution in [2.75, 3.05) is 30.2 Å². The van der Waals surface area contributed by atoms with Gasteiger partial charge in [0.2, 0.25) is 11.9 Å². The van der Waals surface area contributed by atoms with E-state index >= 15 is 0 Å². The number of hydrogen-bond acceptors (Lipinski definition) is 8. The van der Waals surface area contributed by atoms with Gasteiger partial charge in [-0.2, -0.15) is 9.97 Å². The minimum Gasteiger partial charge on any atom is -0.393 e. The van der Waals surface area contributed by atoms with Gasteiger partial charge in [0.15, 0.2) is 29.4 Å². The molecule has 0 spiro atoms. The Bertz CT molecular complexity index is 874. The predicted octanol–water partition coefficient (Wildman–Crippen LogP) is 0.660. The molecule has 3 rings (SSSR count). The molecule has 28 heavy (non-hydrogen) atoms. The van der Waals surface area contributed by atoms with E-state index in [2.05, 4.69) is 25.6 Å². The van der Waals surface area contributed by atoms with Gasteiger partial charge in [-0.1, -0.05) is 13.8 Å². The van der Waals surface area contributed by atoms with Crippen molar-refractivity contribution >= 4 is 40.4 Å². The number of anilines is 2. The summed E-state index contributed by atoms with van der Waals surface area (Å²) < 4.78 is 21.7. The number of amides is 1. The molecule has 1 saturated heterocycles. The lowest BCUT2D eigenvalue weighted by atomic mass is 9.99. The van der Waals surface area contributed by atoms with Crippen LogP contribution >= 0.6 is 11.6 Å². The van der Waals surface area contributed by atoms with Crippen molar-refractivity contribution in [3.63, 3.8) is 0 Å². The number of aliphatic hydroxyl groups is 2. The molecule has 2 aromatic rings. The average molecular weight is 417 g/mol. The van der Waals surface area contributed by atoms with Gasteiger partial charge in [-0.3, -0.25) is 14.7 Å². The van der Waals surface area contributed by atoms with Crippen LogP contribution in [0.3, 0.4) is 0 Å². The molecule has 1 aliphatic heterocycles. The van der Waals surface area contributed by atoms with E-state index in [1.54, 1.807) is 20.9 Å². The smallest absolute Gasteiger partial charge is 0.233 e. The third kappa shape index (κ3) is 3.28. The molecule has 154 valence electrons. The maximum Gasteiger partial charge on any atom is 0.233 e. The lowest BCUT2D eigenvalue weighted by Gasteiger charge is -2.26. The van der Waals surface area contributed by atoms with Crippen LogP contribution in [0.1, 0.15) is 20.1 Å². The highest BCUT2D eigenvalue weighted by Crippen LogP contribution is 2.41. The van der Waals surface area contributed by atoms with Gasteiger partial charge in [0, 0.05) is 13.0 Å². The standard InChI is InChI=1S/C16H22ClFN6O4/c1-7(2)13(27)23-15-21-11(19-3)9-12(22-15)24(6-20-9)14-8(18)10(26)16(4-17,5-25)28-14/h6-8,10,14,25-26H,4-5H2,1-3H3,(H2,19,21,22,23,27)/t8-,10+,14-,16-/m1/s1. The second kappa shape index (κ2) is 7.74. The summed E-state index contributed by atoms with van der Waals surface area (Å²) in [6.07, 6.45) is -3.55. The van der Waals surface area contributed by atoms with Gasteiger partial charge in [-0.25, -0.2) is 9.37 Å². The Kier molecular flexibility index (Phi) is 5.71. The summed E-state index contributed by atoms with van der Waals surface area (Å²) in [7, 11) is 1.62. The number of aromatic nitrogens is 4. The highest BCUT2D eigenvalue weighted by molar-refractivity contribution is 6.18. The number of hydrogen-bond donors (Lipinski definition) is 4. The van der Waals surface area contributed by atoms with Gasteiger partial charge in [0.05, 0.1) is 18.8 Å². The van der Waals surface area contributed by atoms with Crippen molar-refractivity contribution in [3.8, 4) is 0 Å². The highest BCUT2D eigenvalue weighted by atomic mass is 35.5. The zero-order chi connectivity index (χ0) is 20.6. The number of aliphatic hydroxyl groups excluding tert-OH is 2. The summed E-state index contributed by atoms with van der Waals surface area (Å²) in [6, 6.07) is 0. The van der Waals surface area contributed by atoms with Crippen molar-refractivity contribution in [1.29, 1.82) is 0 Å². The fourth-order valence-electron chi connectivity index (χ4n) is 2.90. The van der Waals surface area contributed by atoms with E-state index in [1.807, 2.05) is 0 Å². The van der Waals surface area contributed by atoms with Crippen molar-refractivity contribution in [2.45, 2.75) is 38.0 Å². The van der Waals surface area contributed by atoms with E-state index in [0.717, 1.165) is 0 Å². The fraction of sp³-hybridized carbons (Fsp3) is 0.625. The van der Waals surface area contributed by atoms with Crippen molar-refractivity contribution < 1.29 is 24.1 Å². The number of carbonyl (C=O) groups is 1. The van der Waals surface area contributed by atoms with E-state index in [0.29, 0.717) is 11.3 Å². The van der Waals surface area contributed by atoms with Gasteiger partial charge in [-0.05, 0) is 0 Å². The molecular formula is C16H22ClFN6O4. The molecule has 2 aromatic heterocycles. The van der Waals surface area contributed by atoms with E-state index in [4.69, 9.17) is 16.3 Å². The van der Waals surface area contributed by atoms with Gasteiger partial charge >= 0.3 is 0 Å². The maximum atomic E-state index is 14.8. The molecule has 4 N–H and O–H groups in total. The molecular weight excluding hydrogens is 395 g/mol. The summed E-state index contributed by atoms with van der Waals surface area (Å²) in [5, 5.41) is 25.2. The summed E-state index contributed by atoms with van der Waals surface area (Å²) in [4.78, 5) is 24.6. The molecule has 0 aliphatic carbocycles. The molecule has 0 aromatic carbocycles. The Balaban J connectivity index is 2.06. The lowest BCUT2D eigenvalue weighted by Crippen LogP contribution is -2.47. The van der Waals surface area contributed by atoms with Crippen molar-refractivity contribution in [3.05, 3.63) is 6.33 Å². The molecule has 12 heteroatoms. The van der Waals surface area contributed by atoms with Crippen LogP contribution in [0.5, 0.6) is 0 Å². The van der Waals surface area contributed by atoms with E-state index < -0.39 is 30.7 Å². The first-order chi connectivity index (χ1) is 13.3. The van der Waals surface area contributed by atoms with Crippen LogP contribution in [0.25, 0.3) is 11.2 Å². The van der Waals surface area contributed by atoms with E-state index in [9.17, 15) is 19.4 Å². The molecule has 1 amide bonds. The number of rotatable bonds is 6. The Hall–Kier alpha value is -2.08. The first kappa shape index (κ1) is 20.6. The predicted molar refractivity (Wildman–Crippen MR) is 99.9 cm³/mol. The second-order valence-electron chi connectivity index (χ2n) is 6.87. The fourth-order valence-corrected chi connectivity index (χ4v) is 3.21. The van der Waals surface area contributed by atoms with Gasteiger partial charge in [-0.15, -0.1) is 11.6 Å². The molecule has 1 aliphatic rings. The Morgan fingerprint density at radius 1 is 1.50 bits per heavy atom. The van der Waals surface area contributed by atoms with Crippen LogP contribution in [0, 0.1) is 5.92 Å². The molecule has 0 saturated carbocycles. The number of halogens is 2. The minimum absolute atomic E-state index is 0.0111. The normalized spacial score (nSPS) is 27.5. The van der Waals surface area contributed by atoms with E-state index in [-0.39, 0.29) is 29.3 Å². The molecule has 4 atom stereocenters. The molecule has 0 radical (unpaired) electrons. The molecule has 10 nitrogen and oxygen atoms in total. The lowest BCUT2D eigenvalue weighted by molar-refractivity contribution is -0.118. The highest BCUT2D eigenvalue weighted by Gasteiger charge is 2.55. The van der Waals surface area contributed by atoms with Gasteiger partial charge in [0.25, 0.3) is 0 Å². The minimum atomic E-state index is -1.88. The van der Waals surface area contributed by atoms with Gasteiger partial charge < -0.3 is 20.3 Å². The Labute approximate surface area is 165 Å². The average Bonchev–Trinajstić information content (AvgIpc) is 3.21. The topological polar surface area (TPSA) is 134 Å². The molecule has 0 unspecified atom stereocenters. The molecule has 1 fully saturated rings. The first-order valence-corrected chi connectivity index (χ1v) is 9.21. The van der Waals surface area contributed by atoms with Crippen LogP contribution in [-0.2, 0) is 9.53 Å². The van der Waals surface area contributed by atoms with Crippen LogP contribution in [-0.4, -0.2) is 73.1 Å². The van der Waals surface area contributed by atoms with Gasteiger partial charge in [0.1, 0.15) is 11.7 Å². The number of imidazole rings is 1. The van der Waals surface area contributed by atoms with E-state index in [1.165, 1.54) is 10.9 Å². The van der Waals surface area contributed by atoms with Crippen LogP contribution in [0.4, 0.5) is 16.2 Å². The largest absolute Gasteiger partial charge is 0.393 e. The summed E-state index contributed by atoms with van der Waals surface area (Å²) in [5.41, 5.74) is -1.14. The van der Waals surface area contributed by atoms with Crippen molar-refractivity contribution in [1.82, 2.24) is 19.5 Å². The number of alkyl halides is 2. The monoisotopic (exact) mass is 416 g/mol. The number of carbonyl (C=O) groups excluding carboxylic acids is 1. The number of fused-ring (bicyclic) bond motifs is 1. The summed E-state index contributed by atoms with van der Waals surface area (Å²) in [5.74, 6) is -0.551. The number of nitrogens with one attached hydrogen (secondary N) is 2. The number of nitrogens with zero attached hydrogens (tertiary/aromatic N) is 4. The Morgan fingerprint density at radius 2 is 2.21 bits per heavy atom. The SMILES string of the molecule is CNc1nc(NC(=O)C(C)C)nc2c1ncn2[C@@H]1O[C@@](CO)(CCl)[C@@H](O)[C@H]1F. The summed E-state index contributed by atoms with van der Waals surface area (Å²) >= 11 is 5.81. The first-order valence-electron chi connectivity index (χ1n) is 8.68. The second-order valence-corrected chi connectivity index (χ2v) is 7.14. The molecule has 0 bridgehead atoms. The Morgan fingerprint density at radius 3 is 2.75 bits per heavy atom. The quantitative estimate of drug-likeness (QED) is 0.504. The van der Waals surface area contributed by atoms with Crippen LogP contribution < -0.4 is 10.6 Å². The van der Waals surface area contributed by atoms with Crippen LogP contribution in [0.2, 0.25) is 0 Å². The zero-order valence-corrected chi connectivity index (χ0v) is 16.3. The zero-order valence-electron chi connectivity index (χ0n) is 15.6. The summed E-state index contributed by atoms with van der Waals surface area (Å²) in [6.45, 7) is 2.78. The number of ether oxygens (including phenoxy) is 1. The maximum absolute atomic E-state index is 14.8. The van der Waals surface area contributed by atoms with Crippen LogP contribution in [0.15, 0.2) is 6.33 Å². The molecule has 3 heterocycles.